The van der Waals surface area contributed by atoms with Crippen molar-refractivity contribution in [3.05, 3.63) is 120 Å². The molecule has 0 amide bonds. The maximum Gasteiger partial charge on any atom is 0.231 e. The number of nitrogens with one attached hydrogen (secondary N) is 2. The second kappa shape index (κ2) is 17.8. The van der Waals surface area contributed by atoms with Crippen LogP contribution in [0.1, 0.15) is 11.1 Å². The number of rotatable bonds is 10. The van der Waals surface area contributed by atoms with Crippen molar-refractivity contribution < 1.29 is 18.9 Å². The molecular formula is C40H30Br4N10O4S2. The van der Waals surface area contributed by atoms with Crippen molar-refractivity contribution in [1.29, 1.82) is 5.41 Å². The van der Waals surface area contributed by atoms with Gasteiger partial charge in [-0.3, -0.25) is 5.41 Å². The SMILES string of the molecule is N=c1ncn(CCc2ccccc2Br)c2nc(Sc3cc4c(cc3Br)OCO4)[nH]c12.Nc1ncnc2c1nc(Sc1cc3c(cc1Br)OCO3)n2CCc1ccccc1Br. The molecule has 2 aliphatic heterocycles. The summed E-state index contributed by atoms with van der Waals surface area (Å²) < 4.78 is 29.9. The second-order valence-corrected chi connectivity index (χ2v) is 18.6. The first-order chi connectivity index (χ1) is 29.2. The molecule has 20 heteroatoms. The van der Waals surface area contributed by atoms with Crippen LogP contribution in [-0.4, -0.2) is 52.6 Å². The largest absolute Gasteiger partial charge is 0.454 e. The molecule has 4 aromatic carbocycles. The molecule has 0 saturated heterocycles. The third-order valence-corrected chi connectivity index (χ3v) is 14.8. The number of nitrogen functional groups attached to an aromatic ring is 1. The van der Waals surface area contributed by atoms with E-state index in [9.17, 15) is 0 Å². The molecule has 0 spiro atoms. The average molecular weight is 1100 g/mol. The Hall–Kier alpha value is -4.60. The van der Waals surface area contributed by atoms with Gasteiger partial charge >= 0.3 is 0 Å². The van der Waals surface area contributed by atoms with E-state index in [0.717, 1.165) is 62.9 Å². The molecule has 0 atom stereocenters. The van der Waals surface area contributed by atoms with Gasteiger partial charge in [-0.2, -0.15) is 0 Å². The molecule has 0 radical (unpaired) electrons. The van der Waals surface area contributed by atoms with Crippen molar-refractivity contribution in [3.8, 4) is 23.0 Å². The molecule has 10 rings (SSSR count). The van der Waals surface area contributed by atoms with Gasteiger partial charge in [-0.1, -0.05) is 91.8 Å². The number of aromatic amines is 1. The number of H-pyrrole nitrogens is 1. The molecule has 4 N–H and O–H groups in total. The summed E-state index contributed by atoms with van der Waals surface area (Å²) in [6.07, 6.45) is 4.78. The minimum Gasteiger partial charge on any atom is -0.454 e. The van der Waals surface area contributed by atoms with Gasteiger partial charge in [0, 0.05) is 40.8 Å². The Morgan fingerprint density at radius 2 is 1.27 bits per heavy atom. The Morgan fingerprint density at radius 1 is 0.683 bits per heavy atom. The number of hydrogen-bond acceptors (Lipinski definition) is 13. The van der Waals surface area contributed by atoms with Crippen LogP contribution in [0, 0.1) is 5.41 Å². The summed E-state index contributed by atoms with van der Waals surface area (Å²) in [6, 6.07) is 24.0. The first-order valence-corrected chi connectivity index (χ1v) is 23.0. The van der Waals surface area contributed by atoms with Crippen molar-refractivity contribution in [1.82, 2.24) is 39.0 Å². The zero-order chi connectivity index (χ0) is 41.3. The van der Waals surface area contributed by atoms with Crippen molar-refractivity contribution in [2.24, 2.45) is 0 Å². The van der Waals surface area contributed by atoms with Gasteiger partial charge in [-0.15, -0.1) is 0 Å². The third-order valence-electron chi connectivity index (χ3n) is 9.43. The molecule has 6 heterocycles. The first kappa shape index (κ1) is 40.8. The van der Waals surface area contributed by atoms with Crippen LogP contribution in [0.2, 0.25) is 0 Å². The number of fused-ring (bicyclic) bond motifs is 4. The van der Waals surface area contributed by atoms with E-state index in [4.69, 9.17) is 40.1 Å². The average Bonchev–Trinajstić information content (AvgIpc) is 4.06. The van der Waals surface area contributed by atoms with E-state index in [0.29, 0.717) is 52.1 Å². The van der Waals surface area contributed by atoms with Gasteiger partial charge in [-0.05, 0) is 92.2 Å². The molecule has 0 saturated carbocycles. The number of ether oxygens (including phenoxy) is 4. The lowest BCUT2D eigenvalue weighted by Crippen LogP contribution is -2.13. The topological polar surface area (TPSA) is 177 Å². The summed E-state index contributed by atoms with van der Waals surface area (Å²) >= 11 is 17.4. The quantitative estimate of drug-likeness (QED) is 0.118. The molecule has 0 fully saturated rings. The summed E-state index contributed by atoms with van der Waals surface area (Å²) in [4.78, 5) is 27.4. The molecule has 304 valence electrons. The lowest BCUT2D eigenvalue weighted by molar-refractivity contribution is 0.173. The number of halogens is 4. The standard InChI is InChI=1S/2C20H15Br2N5O2S/c21-12-4-2-1-3-11(12)5-6-27-9-24-18(23)17-19(27)26-20(25-17)30-16-8-15-14(7-13(16)22)28-10-29-15;21-12-4-2-1-3-11(12)5-6-27-19-17(18(23)24-9-25-19)26-20(27)30-16-8-15-14(7-13(16)22)28-10-29-15/h1-4,7-9,23H,5-6,10H2,(H,25,26);1-4,7-9H,5-6,10H2,(H2,23,24,25). The summed E-state index contributed by atoms with van der Waals surface area (Å²) in [6.45, 7) is 1.85. The van der Waals surface area contributed by atoms with Gasteiger partial charge in [0.15, 0.2) is 61.4 Å². The molecule has 60 heavy (non-hydrogen) atoms. The van der Waals surface area contributed by atoms with Crippen LogP contribution in [-0.2, 0) is 25.9 Å². The van der Waals surface area contributed by atoms with E-state index < -0.39 is 0 Å². The molecule has 0 aliphatic carbocycles. The number of anilines is 1. The van der Waals surface area contributed by atoms with Crippen LogP contribution in [0.5, 0.6) is 23.0 Å². The van der Waals surface area contributed by atoms with Gasteiger partial charge in [0.1, 0.15) is 11.8 Å². The molecule has 0 unspecified atom stereocenters. The van der Waals surface area contributed by atoms with E-state index in [-0.39, 0.29) is 19.1 Å². The van der Waals surface area contributed by atoms with Gasteiger partial charge in [0.05, 0.1) is 6.33 Å². The van der Waals surface area contributed by atoms with Crippen molar-refractivity contribution in [2.75, 3.05) is 19.3 Å². The minimum absolute atomic E-state index is 0.172. The van der Waals surface area contributed by atoms with Gasteiger partial charge in [-0.25, -0.2) is 24.9 Å². The maximum absolute atomic E-state index is 8.17. The third kappa shape index (κ3) is 8.62. The molecule has 2 aliphatic rings. The monoisotopic (exact) mass is 1090 g/mol. The van der Waals surface area contributed by atoms with Crippen LogP contribution in [0.15, 0.2) is 123 Å². The number of benzene rings is 4. The van der Waals surface area contributed by atoms with E-state index in [1.165, 1.54) is 41.0 Å². The molecule has 0 bridgehead atoms. The zero-order valence-electron chi connectivity index (χ0n) is 31.0. The highest BCUT2D eigenvalue weighted by atomic mass is 79.9. The Kier molecular flexibility index (Phi) is 12.1. The van der Waals surface area contributed by atoms with E-state index in [1.54, 1.807) is 6.33 Å². The fraction of sp³-hybridized carbons (Fsp3) is 0.150. The summed E-state index contributed by atoms with van der Waals surface area (Å²) in [7, 11) is 0. The number of aromatic nitrogens is 8. The zero-order valence-corrected chi connectivity index (χ0v) is 39.0. The van der Waals surface area contributed by atoms with Gasteiger partial charge in [0.2, 0.25) is 13.6 Å². The summed E-state index contributed by atoms with van der Waals surface area (Å²) in [5, 5.41) is 9.63. The van der Waals surface area contributed by atoms with Crippen LogP contribution in [0.25, 0.3) is 22.3 Å². The lowest BCUT2D eigenvalue weighted by Gasteiger charge is -2.11. The van der Waals surface area contributed by atoms with Crippen LogP contribution >= 0.6 is 87.2 Å². The summed E-state index contributed by atoms with van der Waals surface area (Å²) in [5.41, 5.74) is 11.3. The van der Waals surface area contributed by atoms with Crippen LogP contribution in [0.4, 0.5) is 5.82 Å². The van der Waals surface area contributed by atoms with E-state index in [1.807, 2.05) is 65.2 Å². The highest BCUT2D eigenvalue weighted by Gasteiger charge is 2.22. The van der Waals surface area contributed by atoms with Gasteiger partial charge in [0.25, 0.3) is 0 Å². The highest BCUT2D eigenvalue weighted by Crippen LogP contribution is 2.44. The van der Waals surface area contributed by atoms with Crippen molar-refractivity contribution >= 4 is 115 Å². The Bertz CT molecular complexity index is 2980. The predicted octanol–water partition coefficient (Wildman–Crippen LogP) is 9.94. The summed E-state index contributed by atoms with van der Waals surface area (Å²) in [5.74, 6) is 3.24. The molecular weight excluding hydrogens is 1070 g/mol. The Morgan fingerprint density at radius 3 is 1.90 bits per heavy atom. The number of aryl methyl sites for hydroxylation is 4. The van der Waals surface area contributed by atoms with E-state index >= 15 is 0 Å². The fourth-order valence-corrected chi connectivity index (χ4v) is 10.3. The van der Waals surface area contributed by atoms with Crippen LogP contribution < -0.4 is 30.2 Å². The molecule has 8 aromatic rings. The maximum atomic E-state index is 8.17. The van der Waals surface area contributed by atoms with Gasteiger partial charge < -0.3 is 38.8 Å². The first-order valence-electron chi connectivity index (χ1n) is 18.2. The second-order valence-electron chi connectivity index (χ2n) is 13.2. The number of nitrogens with zero attached hydrogens (tertiary/aromatic N) is 7. The smallest absolute Gasteiger partial charge is 0.231 e. The number of nitrogens with two attached hydrogens (primary N) is 1. The highest BCUT2D eigenvalue weighted by molar-refractivity contribution is 9.11. The Labute approximate surface area is 384 Å². The Balaban J connectivity index is 0.000000154. The number of imidazole rings is 2. The molecule has 14 nitrogen and oxygen atoms in total. The van der Waals surface area contributed by atoms with Crippen LogP contribution in [0.3, 0.4) is 0 Å². The minimum atomic E-state index is 0.172. The predicted molar refractivity (Wildman–Crippen MR) is 242 cm³/mol. The van der Waals surface area contributed by atoms with Crippen molar-refractivity contribution in [2.45, 2.75) is 46.0 Å². The lowest BCUT2D eigenvalue weighted by atomic mass is 10.1. The van der Waals surface area contributed by atoms with E-state index in [2.05, 4.69) is 100 Å². The van der Waals surface area contributed by atoms with Crippen molar-refractivity contribution in [3.63, 3.8) is 0 Å². The normalized spacial score (nSPS) is 12.6. The molecule has 4 aromatic heterocycles. The number of hydrogen-bond donors (Lipinski definition) is 3. The fourth-order valence-electron chi connectivity index (χ4n) is 6.42.